The van der Waals surface area contributed by atoms with Gasteiger partial charge in [-0.2, -0.15) is 0 Å². The topological polar surface area (TPSA) is 57.7 Å². The standard InChI is InChI=1S/C22H29FN4O2/c1-15-9-17(23)13-27(15)22(28)14-26-7-5-18(6-8-26)25-19-10-16-3-4-20(29-2)11-21(16)24-12-19/h3-4,10-12,15,17-18,25H,5-9,13-14H2,1-2H3/t15-,17+/m1/s1. The summed E-state index contributed by atoms with van der Waals surface area (Å²) in [5, 5.41) is 4.65. The van der Waals surface area contributed by atoms with E-state index in [4.69, 9.17) is 4.74 Å². The summed E-state index contributed by atoms with van der Waals surface area (Å²) < 4.78 is 18.8. The molecule has 0 radical (unpaired) electrons. The first-order chi connectivity index (χ1) is 14.0. The average Bonchev–Trinajstić information content (AvgIpc) is 3.07. The second-order valence-corrected chi connectivity index (χ2v) is 8.21. The minimum Gasteiger partial charge on any atom is -0.497 e. The molecule has 7 heteroatoms. The summed E-state index contributed by atoms with van der Waals surface area (Å²) in [5.41, 5.74) is 1.92. The van der Waals surface area contributed by atoms with Crippen molar-refractivity contribution in [3.63, 3.8) is 0 Å². The van der Waals surface area contributed by atoms with Gasteiger partial charge < -0.3 is 15.0 Å². The third-order valence-corrected chi connectivity index (χ3v) is 6.05. The number of amides is 1. The van der Waals surface area contributed by atoms with Crippen LogP contribution in [0.4, 0.5) is 10.1 Å². The fourth-order valence-corrected chi connectivity index (χ4v) is 4.37. The summed E-state index contributed by atoms with van der Waals surface area (Å²) in [5.74, 6) is 0.858. The van der Waals surface area contributed by atoms with Crippen LogP contribution in [0.25, 0.3) is 10.9 Å². The lowest BCUT2D eigenvalue weighted by Gasteiger charge is -2.33. The van der Waals surface area contributed by atoms with E-state index in [0.29, 0.717) is 19.0 Å². The predicted octanol–water partition coefficient (Wildman–Crippen LogP) is 3.08. The Balaban J connectivity index is 1.28. The number of alkyl halides is 1. The molecular formula is C22H29FN4O2. The summed E-state index contributed by atoms with van der Waals surface area (Å²) in [6.45, 7) is 4.30. The average molecular weight is 400 g/mol. The Hall–Kier alpha value is -2.41. The number of carbonyl (C=O) groups excluding carboxylic acids is 1. The third-order valence-electron chi connectivity index (χ3n) is 6.05. The van der Waals surface area contributed by atoms with Gasteiger partial charge in [-0.1, -0.05) is 0 Å². The Morgan fingerprint density at radius 2 is 2.10 bits per heavy atom. The fraction of sp³-hybridized carbons (Fsp3) is 0.545. The minimum atomic E-state index is -0.875. The van der Waals surface area contributed by atoms with Crippen molar-refractivity contribution in [2.24, 2.45) is 0 Å². The van der Waals surface area contributed by atoms with Gasteiger partial charge >= 0.3 is 0 Å². The zero-order valence-corrected chi connectivity index (χ0v) is 17.1. The molecule has 2 saturated heterocycles. The van der Waals surface area contributed by atoms with Gasteiger partial charge in [0.05, 0.1) is 37.6 Å². The van der Waals surface area contributed by atoms with E-state index in [9.17, 15) is 9.18 Å². The highest BCUT2D eigenvalue weighted by Crippen LogP contribution is 2.24. The lowest BCUT2D eigenvalue weighted by atomic mass is 10.0. The quantitative estimate of drug-likeness (QED) is 0.836. The van der Waals surface area contributed by atoms with Crippen LogP contribution in [0.15, 0.2) is 30.5 Å². The first kappa shape index (κ1) is 19.9. The van der Waals surface area contributed by atoms with Gasteiger partial charge in [-0.25, -0.2) is 4.39 Å². The number of nitrogens with zero attached hydrogens (tertiary/aromatic N) is 3. The van der Waals surface area contributed by atoms with Crippen molar-refractivity contribution >= 4 is 22.5 Å². The number of pyridine rings is 1. The van der Waals surface area contributed by atoms with Gasteiger partial charge in [-0.15, -0.1) is 0 Å². The monoisotopic (exact) mass is 400 g/mol. The van der Waals surface area contributed by atoms with Crippen LogP contribution in [0.5, 0.6) is 5.75 Å². The highest BCUT2D eigenvalue weighted by atomic mass is 19.1. The van der Waals surface area contributed by atoms with Crippen molar-refractivity contribution in [3.05, 3.63) is 30.5 Å². The number of aromatic nitrogens is 1. The maximum absolute atomic E-state index is 13.5. The van der Waals surface area contributed by atoms with Gasteiger partial charge in [0.2, 0.25) is 5.91 Å². The molecule has 2 fully saturated rings. The number of fused-ring (bicyclic) bond motifs is 1. The zero-order chi connectivity index (χ0) is 20.4. The summed E-state index contributed by atoms with van der Waals surface area (Å²) in [7, 11) is 1.65. The third kappa shape index (κ3) is 4.61. The molecule has 1 aromatic heterocycles. The number of piperidine rings is 1. The lowest BCUT2D eigenvalue weighted by Crippen LogP contribution is -2.46. The minimum absolute atomic E-state index is 0.0112. The van der Waals surface area contributed by atoms with E-state index in [0.717, 1.165) is 48.3 Å². The highest BCUT2D eigenvalue weighted by molar-refractivity contribution is 5.83. The van der Waals surface area contributed by atoms with Crippen LogP contribution >= 0.6 is 0 Å². The number of methoxy groups -OCH3 is 1. The number of nitrogens with one attached hydrogen (secondary N) is 1. The van der Waals surface area contributed by atoms with Gasteiger partial charge in [0.15, 0.2) is 0 Å². The number of hydrogen-bond acceptors (Lipinski definition) is 5. The van der Waals surface area contributed by atoms with E-state index in [1.807, 2.05) is 31.3 Å². The zero-order valence-electron chi connectivity index (χ0n) is 17.1. The Bertz CT molecular complexity index is 869. The summed E-state index contributed by atoms with van der Waals surface area (Å²) in [6, 6.07) is 8.37. The number of carbonyl (C=O) groups is 1. The van der Waals surface area contributed by atoms with Gasteiger partial charge in [0.25, 0.3) is 0 Å². The normalized spacial score (nSPS) is 23.5. The van der Waals surface area contributed by atoms with E-state index in [-0.39, 0.29) is 18.5 Å². The second-order valence-electron chi connectivity index (χ2n) is 8.21. The first-order valence-corrected chi connectivity index (χ1v) is 10.4. The van der Waals surface area contributed by atoms with E-state index < -0.39 is 6.17 Å². The van der Waals surface area contributed by atoms with Crippen molar-refractivity contribution in [2.75, 3.05) is 38.6 Å². The molecule has 3 heterocycles. The number of anilines is 1. The molecule has 2 aromatic rings. The molecule has 29 heavy (non-hydrogen) atoms. The van der Waals surface area contributed by atoms with Crippen molar-refractivity contribution in [2.45, 2.75) is 44.4 Å². The molecule has 1 amide bonds. The molecule has 0 unspecified atom stereocenters. The van der Waals surface area contributed by atoms with Crippen LogP contribution in [0.3, 0.4) is 0 Å². The maximum atomic E-state index is 13.5. The van der Waals surface area contributed by atoms with E-state index in [1.54, 1.807) is 12.0 Å². The predicted molar refractivity (Wildman–Crippen MR) is 112 cm³/mol. The SMILES string of the molecule is COc1ccc2cc(NC3CCN(CC(=O)N4C[C@@H](F)C[C@H]4C)CC3)cnc2c1. The van der Waals surface area contributed by atoms with Gasteiger partial charge in [-0.3, -0.25) is 14.7 Å². The molecule has 1 N–H and O–H groups in total. The molecule has 2 aliphatic heterocycles. The molecule has 2 aliphatic rings. The van der Waals surface area contributed by atoms with Crippen LogP contribution in [-0.2, 0) is 4.79 Å². The van der Waals surface area contributed by atoms with E-state index >= 15 is 0 Å². The van der Waals surface area contributed by atoms with Gasteiger partial charge in [0, 0.05) is 43.0 Å². The Morgan fingerprint density at radius 3 is 2.79 bits per heavy atom. The van der Waals surface area contributed by atoms with E-state index in [2.05, 4.69) is 21.3 Å². The molecule has 0 saturated carbocycles. The Morgan fingerprint density at radius 1 is 1.31 bits per heavy atom. The number of rotatable bonds is 5. The first-order valence-electron chi connectivity index (χ1n) is 10.4. The molecule has 6 nitrogen and oxygen atoms in total. The van der Waals surface area contributed by atoms with Crippen molar-refractivity contribution in [1.82, 2.24) is 14.8 Å². The number of halogens is 1. The smallest absolute Gasteiger partial charge is 0.237 e. The lowest BCUT2D eigenvalue weighted by molar-refractivity contribution is -0.133. The molecule has 4 rings (SSSR count). The van der Waals surface area contributed by atoms with Crippen molar-refractivity contribution < 1.29 is 13.9 Å². The molecule has 156 valence electrons. The summed E-state index contributed by atoms with van der Waals surface area (Å²) in [4.78, 5) is 20.9. The summed E-state index contributed by atoms with van der Waals surface area (Å²) in [6.07, 6.45) is 3.38. The van der Waals surface area contributed by atoms with Crippen molar-refractivity contribution in [1.29, 1.82) is 0 Å². The number of ether oxygens (including phenoxy) is 1. The van der Waals surface area contributed by atoms with E-state index in [1.165, 1.54) is 0 Å². The maximum Gasteiger partial charge on any atom is 0.237 e. The molecule has 2 atom stereocenters. The second kappa shape index (κ2) is 8.53. The molecule has 1 aromatic carbocycles. The van der Waals surface area contributed by atoms with Gasteiger partial charge in [-0.05, 0) is 38.0 Å². The largest absolute Gasteiger partial charge is 0.497 e. The van der Waals surface area contributed by atoms with Crippen molar-refractivity contribution in [3.8, 4) is 5.75 Å². The Labute approximate surface area is 171 Å². The molecule has 0 bridgehead atoms. The highest BCUT2D eigenvalue weighted by Gasteiger charge is 2.33. The Kier molecular flexibility index (Phi) is 5.85. The number of hydrogen-bond donors (Lipinski definition) is 1. The number of benzene rings is 1. The van der Waals surface area contributed by atoms with Crippen LogP contribution in [0.2, 0.25) is 0 Å². The van der Waals surface area contributed by atoms with Crippen LogP contribution in [-0.4, -0.2) is 72.2 Å². The van der Waals surface area contributed by atoms with Crippen LogP contribution in [0.1, 0.15) is 26.2 Å². The summed E-state index contributed by atoms with van der Waals surface area (Å²) >= 11 is 0. The van der Waals surface area contributed by atoms with Crippen LogP contribution < -0.4 is 10.1 Å². The molecule has 0 spiro atoms. The fourth-order valence-electron chi connectivity index (χ4n) is 4.37. The number of likely N-dealkylation sites (tertiary alicyclic amines) is 2. The van der Waals surface area contributed by atoms with Crippen LogP contribution in [0, 0.1) is 0 Å². The molecular weight excluding hydrogens is 371 g/mol. The van der Waals surface area contributed by atoms with Gasteiger partial charge in [0.1, 0.15) is 11.9 Å². The molecule has 0 aliphatic carbocycles.